The van der Waals surface area contributed by atoms with Gasteiger partial charge < -0.3 is 19.9 Å². The fourth-order valence-corrected chi connectivity index (χ4v) is 5.87. The molecule has 6 nitrogen and oxygen atoms in total. The van der Waals surface area contributed by atoms with E-state index in [1.165, 1.54) is 0 Å². The molecule has 2 N–H and O–H groups in total. The summed E-state index contributed by atoms with van der Waals surface area (Å²) in [5.41, 5.74) is -0.386. The molecule has 152 valence electrons. The first-order valence-electron chi connectivity index (χ1n) is 10.1. The van der Waals surface area contributed by atoms with Gasteiger partial charge >= 0.3 is 5.97 Å². The van der Waals surface area contributed by atoms with Crippen molar-refractivity contribution < 1.29 is 24.2 Å². The quantitative estimate of drug-likeness (QED) is 0.733. The van der Waals surface area contributed by atoms with Crippen LogP contribution in [0.4, 0.5) is 0 Å². The summed E-state index contributed by atoms with van der Waals surface area (Å²) in [5.74, 6) is 0.936. The molecule has 6 heteroatoms. The molecule has 4 bridgehead atoms. The Morgan fingerprint density at radius 3 is 2.39 bits per heavy atom. The molecular weight excluding hydrogens is 358 g/mol. The highest BCUT2D eigenvalue weighted by Crippen LogP contribution is 2.62. The summed E-state index contributed by atoms with van der Waals surface area (Å²) in [4.78, 5) is 25.4. The molecule has 0 spiro atoms. The zero-order chi connectivity index (χ0) is 19.9. The number of carbonyl (C=O) groups is 2. The Balaban J connectivity index is 1.33. The van der Waals surface area contributed by atoms with Gasteiger partial charge in [-0.15, -0.1) is 0 Å². The number of methoxy groups -OCH3 is 1. The third-order valence-electron chi connectivity index (χ3n) is 6.74. The van der Waals surface area contributed by atoms with Gasteiger partial charge in [-0.05, 0) is 75.0 Å². The Kier molecular flexibility index (Phi) is 4.86. The number of hydrogen-bond acceptors (Lipinski definition) is 5. The Hall–Kier alpha value is -2.08. The van der Waals surface area contributed by atoms with Gasteiger partial charge in [0.05, 0.1) is 18.1 Å². The summed E-state index contributed by atoms with van der Waals surface area (Å²) in [7, 11) is 1.61. The topological polar surface area (TPSA) is 84.9 Å². The standard InChI is InChI=1S/C22H29NO5/c1-14(19(24)23-12-15-3-5-18(27-2)6-4-15)28-20(25)21-8-16-7-17(9-21)11-22(26,10-16)13-21/h3-6,14,16-17,26H,7-13H2,1-2H3,(H,23,24)/t14-,16+,17+,21?,22?/m0/s1. The molecule has 28 heavy (non-hydrogen) atoms. The molecule has 5 rings (SSSR count). The number of rotatable bonds is 6. The van der Waals surface area contributed by atoms with E-state index in [0.717, 1.165) is 43.4 Å². The Labute approximate surface area is 165 Å². The highest BCUT2D eigenvalue weighted by molar-refractivity contribution is 5.85. The summed E-state index contributed by atoms with van der Waals surface area (Å²) in [6.45, 7) is 1.97. The summed E-state index contributed by atoms with van der Waals surface area (Å²) in [6.07, 6.45) is 3.90. The van der Waals surface area contributed by atoms with E-state index >= 15 is 0 Å². The fourth-order valence-electron chi connectivity index (χ4n) is 5.87. The van der Waals surface area contributed by atoms with E-state index in [4.69, 9.17) is 9.47 Å². The molecule has 4 aliphatic rings. The monoisotopic (exact) mass is 387 g/mol. The van der Waals surface area contributed by atoms with Gasteiger partial charge in [0.15, 0.2) is 6.10 Å². The first kappa shape index (κ1) is 19.2. The van der Waals surface area contributed by atoms with Crippen molar-refractivity contribution in [2.45, 2.75) is 63.7 Å². The Morgan fingerprint density at radius 2 is 1.82 bits per heavy atom. The van der Waals surface area contributed by atoms with Crippen molar-refractivity contribution >= 4 is 11.9 Å². The van der Waals surface area contributed by atoms with Crippen molar-refractivity contribution in [1.29, 1.82) is 0 Å². The molecule has 0 aromatic heterocycles. The van der Waals surface area contributed by atoms with Crippen LogP contribution in [-0.2, 0) is 20.9 Å². The fraction of sp³-hybridized carbons (Fsp3) is 0.636. The van der Waals surface area contributed by atoms with Gasteiger partial charge in [0.25, 0.3) is 5.91 Å². The summed E-state index contributed by atoms with van der Waals surface area (Å²) in [6, 6.07) is 7.43. The van der Waals surface area contributed by atoms with Crippen LogP contribution in [-0.4, -0.2) is 35.8 Å². The first-order chi connectivity index (χ1) is 13.3. The molecule has 4 saturated carbocycles. The van der Waals surface area contributed by atoms with E-state index in [0.29, 0.717) is 24.8 Å². The first-order valence-corrected chi connectivity index (χ1v) is 10.1. The lowest BCUT2D eigenvalue weighted by Crippen LogP contribution is -2.59. The molecule has 0 heterocycles. The van der Waals surface area contributed by atoms with Crippen LogP contribution >= 0.6 is 0 Å². The molecule has 4 aliphatic carbocycles. The van der Waals surface area contributed by atoms with Crippen LogP contribution in [0, 0.1) is 17.3 Å². The second-order valence-corrected chi connectivity index (χ2v) is 9.08. The van der Waals surface area contributed by atoms with Crippen LogP contribution in [0.2, 0.25) is 0 Å². The van der Waals surface area contributed by atoms with E-state index in [-0.39, 0.29) is 11.9 Å². The predicted molar refractivity (Wildman–Crippen MR) is 102 cm³/mol. The smallest absolute Gasteiger partial charge is 0.312 e. The van der Waals surface area contributed by atoms with Crippen molar-refractivity contribution in [2.24, 2.45) is 17.3 Å². The maximum Gasteiger partial charge on any atom is 0.312 e. The molecule has 4 fully saturated rings. The van der Waals surface area contributed by atoms with Crippen molar-refractivity contribution in [3.8, 4) is 5.75 Å². The van der Waals surface area contributed by atoms with Crippen molar-refractivity contribution in [3.63, 3.8) is 0 Å². The number of benzene rings is 1. The largest absolute Gasteiger partial charge is 0.497 e. The highest BCUT2D eigenvalue weighted by Gasteiger charge is 2.61. The maximum absolute atomic E-state index is 13.0. The van der Waals surface area contributed by atoms with Gasteiger partial charge in [-0.1, -0.05) is 12.1 Å². The van der Waals surface area contributed by atoms with Crippen LogP contribution in [0.1, 0.15) is 51.0 Å². The minimum Gasteiger partial charge on any atom is -0.497 e. The van der Waals surface area contributed by atoms with Crippen LogP contribution in [0.3, 0.4) is 0 Å². The molecule has 0 radical (unpaired) electrons. The highest BCUT2D eigenvalue weighted by atomic mass is 16.5. The number of nitrogens with one attached hydrogen (secondary N) is 1. The Bertz CT molecular complexity index is 745. The van der Waals surface area contributed by atoms with Gasteiger partial charge in [-0.25, -0.2) is 0 Å². The van der Waals surface area contributed by atoms with Crippen molar-refractivity contribution in [1.82, 2.24) is 5.32 Å². The van der Waals surface area contributed by atoms with Crippen LogP contribution in [0.15, 0.2) is 24.3 Å². The summed E-state index contributed by atoms with van der Waals surface area (Å²) < 4.78 is 10.7. The molecule has 1 aromatic rings. The van der Waals surface area contributed by atoms with E-state index in [1.54, 1.807) is 14.0 Å². The lowest BCUT2D eigenvalue weighted by Gasteiger charge is -2.58. The SMILES string of the molecule is COc1ccc(CNC(=O)[C@H](C)OC(=O)C23C[C@H]4C[C@@H](CC(O)(C4)C2)C3)cc1. The van der Waals surface area contributed by atoms with Gasteiger partial charge in [0.1, 0.15) is 5.75 Å². The second-order valence-electron chi connectivity index (χ2n) is 9.08. The third kappa shape index (κ3) is 3.62. The minimum absolute atomic E-state index is 0.312. The zero-order valence-electron chi connectivity index (χ0n) is 16.6. The predicted octanol–water partition coefficient (Wildman–Crippen LogP) is 2.57. The lowest BCUT2D eigenvalue weighted by atomic mass is 9.48. The van der Waals surface area contributed by atoms with E-state index in [9.17, 15) is 14.7 Å². The van der Waals surface area contributed by atoms with Gasteiger partial charge in [0, 0.05) is 6.54 Å². The molecule has 0 aliphatic heterocycles. The molecule has 1 aromatic carbocycles. The van der Waals surface area contributed by atoms with Crippen molar-refractivity contribution in [3.05, 3.63) is 29.8 Å². The molecular formula is C22H29NO5. The van der Waals surface area contributed by atoms with Crippen LogP contribution < -0.4 is 10.1 Å². The summed E-state index contributed by atoms with van der Waals surface area (Å²) in [5, 5.41) is 13.6. The number of esters is 1. The zero-order valence-corrected chi connectivity index (χ0v) is 16.6. The maximum atomic E-state index is 13.0. The Morgan fingerprint density at radius 1 is 1.18 bits per heavy atom. The number of ether oxygens (including phenoxy) is 2. The number of carbonyl (C=O) groups excluding carboxylic acids is 2. The number of aliphatic hydroxyl groups is 1. The molecule has 3 atom stereocenters. The average molecular weight is 387 g/mol. The van der Waals surface area contributed by atoms with Crippen LogP contribution in [0.5, 0.6) is 5.75 Å². The van der Waals surface area contributed by atoms with Gasteiger partial charge in [0.2, 0.25) is 0 Å². The van der Waals surface area contributed by atoms with Crippen molar-refractivity contribution in [2.75, 3.05) is 7.11 Å². The van der Waals surface area contributed by atoms with E-state index < -0.39 is 17.1 Å². The third-order valence-corrected chi connectivity index (χ3v) is 6.74. The van der Waals surface area contributed by atoms with E-state index in [2.05, 4.69) is 5.32 Å². The van der Waals surface area contributed by atoms with E-state index in [1.807, 2.05) is 24.3 Å². The average Bonchev–Trinajstić information content (AvgIpc) is 2.64. The number of amides is 1. The molecule has 0 unspecified atom stereocenters. The lowest BCUT2D eigenvalue weighted by molar-refractivity contribution is -0.200. The summed E-state index contributed by atoms with van der Waals surface area (Å²) >= 11 is 0. The normalized spacial score (nSPS) is 34.0. The van der Waals surface area contributed by atoms with Crippen LogP contribution in [0.25, 0.3) is 0 Å². The van der Waals surface area contributed by atoms with Gasteiger partial charge in [-0.2, -0.15) is 0 Å². The minimum atomic E-state index is -0.853. The second kappa shape index (κ2) is 7.07. The molecule has 1 amide bonds. The van der Waals surface area contributed by atoms with Gasteiger partial charge in [-0.3, -0.25) is 9.59 Å². The molecule has 0 saturated heterocycles. The number of hydrogen-bond donors (Lipinski definition) is 2.